The summed E-state index contributed by atoms with van der Waals surface area (Å²) >= 11 is 3.50. The number of halogens is 1. The van der Waals surface area contributed by atoms with E-state index in [4.69, 9.17) is 14.2 Å². The molecular formula is C24H31BrN2O4. The summed E-state index contributed by atoms with van der Waals surface area (Å²) in [6.07, 6.45) is 7.73. The molecule has 1 amide bonds. The van der Waals surface area contributed by atoms with Crippen LogP contribution in [0.3, 0.4) is 0 Å². The fourth-order valence-electron chi connectivity index (χ4n) is 2.96. The highest BCUT2D eigenvalue weighted by Crippen LogP contribution is 2.36. The largest absolute Gasteiger partial charge is 0.493 e. The Balaban J connectivity index is 1.83. The van der Waals surface area contributed by atoms with Crippen molar-refractivity contribution in [3.8, 4) is 17.2 Å². The number of nitrogens with one attached hydrogen (secondary N) is 1. The van der Waals surface area contributed by atoms with E-state index in [0.717, 1.165) is 22.2 Å². The van der Waals surface area contributed by atoms with Crippen LogP contribution >= 0.6 is 15.9 Å². The zero-order valence-electron chi connectivity index (χ0n) is 18.4. The van der Waals surface area contributed by atoms with Gasteiger partial charge in [-0.2, -0.15) is 5.10 Å². The van der Waals surface area contributed by atoms with Crippen LogP contribution in [-0.2, 0) is 11.2 Å². The molecule has 31 heavy (non-hydrogen) atoms. The third-order valence-corrected chi connectivity index (χ3v) is 5.12. The third-order valence-electron chi connectivity index (χ3n) is 4.53. The lowest BCUT2D eigenvalue weighted by Gasteiger charge is -2.14. The summed E-state index contributed by atoms with van der Waals surface area (Å²) in [5, 5.41) is 3.87. The van der Waals surface area contributed by atoms with E-state index in [1.807, 2.05) is 18.2 Å². The van der Waals surface area contributed by atoms with Crippen molar-refractivity contribution in [2.45, 2.75) is 46.0 Å². The average Bonchev–Trinajstić information content (AvgIpc) is 2.75. The topological polar surface area (TPSA) is 69.2 Å². The second-order valence-electron chi connectivity index (χ2n) is 7.11. The van der Waals surface area contributed by atoms with E-state index in [-0.39, 0.29) is 5.91 Å². The average molecular weight is 491 g/mol. The number of benzene rings is 2. The molecule has 0 aliphatic carbocycles. The minimum absolute atomic E-state index is 0.233. The first-order valence-corrected chi connectivity index (χ1v) is 11.3. The first-order chi connectivity index (χ1) is 15.0. The zero-order chi connectivity index (χ0) is 22.5. The van der Waals surface area contributed by atoms with Gasteiger partial charge in [0.25, 0.3) is 0 Å². The molecule has 0 unspecified atom stereocenters. The molecule has 1 N–H and O–H groups in total. The number of aryl methyl sites for hydroxylation is 1. The number of amides is 1. The number of hydrogen-bond acceptors (Lipinski definition) is 5. The van der Waals surface area contributed by atoms with E-state index in [2.05, 4.69) is 45.5 Å². The number of ether oxygens (including phenoxy) is 3. The number of rotatable bonds is 13. The SMILES string of the molecule is CCCCCCc1ccc(OCCOc2c(Br)cc(C=NNC(C)=O)cc2OC)cc1. The van der Waals surface area contributed by atoms with Crippen LogP contribution in [0.4, 0.5) is 0 Å². The van der Waals surface area contributed by atoms with Crippen molar-refractivity contribution in [3.05, 3.63) is 52.0 Å². The highest BCUT2D eigenvalue weighted by Gasteiger charge is 2.11. The molecule has 0 atom stereocenters. The molecule has 2 aromatic rings. The second kappa shape index (κ2) is 13.7. The molecule has 0 spiro atoms. The molecule has 0 aliphatic rings. The highest BCUT2D eigenvalue weighted by atomic mass is 79.9. The van der Waals surface area contributed by atoms with Gasteiger partial charge in [0, 0.05) is 6.92 Å². The van der Waals surface area contributed by atoms with Crippen molar-refractivity contribution in [1.29, 1.82) is 0 Å². The van der Waals surface area contributed by atoms with Gasteiger partial charge in [0.15, 0.2) is 11.5 Å². The van der Waals surface area contributed by atoms with Crippen molar-refractivity contribution in [2.75, 3.05) is 20.3 Å². The van der Waals surface area contributed by atoms with Gasteiger partial charge in [0.1, 0.15) is 19.0 Å². The maximum atomic E-state index is 10.9. The molecule has 0 saturated carbocycles. The molecule has 0 bridgehead atoms. The summed E-state index contributed by atoms with van der Waals surface area (Å²) in [4.78, 5) is 10.9. The van der Waals surface area contributed by atoms with Crippen LogP contribution in [0, 0.1) is 0 Å². The molecule has 168 valence electrons. The van der Waals surface area contributed by atoms with E-state index in [0.29, 0.717) is 24.7 Å². The van der Waals surface area contributed by atoms with Crippen molar-refractivity contribution < 1.29 is 19.0 Å². The summed E-state index contributed by atoms with van der Waals surface area (Å²) in [5.74, 6) is 1.75. The fraction of sp³-hybridized carbons (Fsp3) is 0.417. The van der Waals surface area contributed by atoms with Gasteiger partial charge in [-0.05, 0) is 64.2 Å². The van der Waals surface area contributed by atoms with Crippen LogP contribution in [0.2, 0.25) is 0 Å². The second-order valence-corrected chi connectivity index (χ2v) is 7.97. The molecule has 0 radical (unpaired) electrons. The quantitative estimate of drug-likeness (QED) is 0.228. The van der Waals surface area contributed by atoms with Crippen LogP contribution in [0.1, 0.15) is 50.7 Å². The van der Waals surface area contributed by atoms with Gasteiger partial charge in [-0.15, -0.1) is 0 Å². The molecule has 6 nitrogen and oxygen atoms in total. The van der Waals surface area contributed by atoms with Gasteiger partial charge in [-0.3, -0.25) is 4.79 Å². The van der Waals surface area contributed by atoms with Gasteiger partial charge in [-0.25, -0.2) is 5.43 Å². The Morgan fingerprint density at radius 2 is 1.84 bits per heavy atom. The normalized spacial score (nSPS) is 10.8. The Bertz CT molecular complexity index is 853. The minimum atomic E-state index is -0.233. The number of carbonyl (C=O) groups is 1. The number of unbranched alkanes of at least 4 members (excludes halogenated alkanes) is 3. The van der Waals surface area contributed by atoms with Crippen LogP contribution in [-0.4, -0.2) is 32.4 Å². The predicted octanol–water partition coefficient (Wildman–Crippen LogP) is 5.51. The first-order valence-electron chi connectivity index (χ1n) is 10.5. The Morgan fingerprint density at radius 3 is 2.52 bits per heavy atom. The standard InChI is InChI=1S/C24H31BrN2O4/c1-4-5-6-7-8-19-9-11-21(12-10-19)30-13-14-31-24-22(25)15-20(16-23(24)29-3)17-26-27-18(2)28/h9-12,15-17H,4-8,13-14H2,1-3H3,(H,27,28). The molecule has 0 heterocycles. The Morgan fingerprint density at radius 1 is 1.10 bits per heavy atom. The number of hydrazone groups is 1. The van der Waals surface area contributed by atoms with Crippen molar-refractivity contribution in [2.24, 2.45) is 5.10 Å². The van der Waals surface area contributed by atoms with Crippen LogP contribution in [0.5, 0.6) is 17.2 Å². The maximum Gasteiger partial charge on any atom is 0.236 e. The van der Waals surface area contributed by atoms with Gasteiger partial charge in [0.05, 0.1) is 17.8 Å². The number of carbonyl (C=O) groups excluding carboxylic acids is 1. The summed E-state index contributed by atoms with van der Waals surface area (Å²) in [6, 6.07) is 11.9. The highest BCUT2D eigenvalue weighted by molar-refractivity contribution is 9.10. The first kappa shape index (κ1) is 24.7. The van der Waals surface area contributed by atoms with E-state index in [1.54, 1.807) is 13.2 Å². The summed E-state index contributed by atoms with van der Waals surface area (Å²) < 4.78 is 17.8. The maximum absolute atomic E-state index is 10.9. The van der Waals surface area contributed by atoms with Crippen LogP contribution in [0.25, 0.3) is 0 Å². The Labute approximate surface area is 193 Å². The summed E-state index contributed by atoms with van der Waals surface area (Å²) in [6.45, 7) is 4.41. The van der Waals surface area contributed by atoms with E-state index in [1.165, 1.54) is 44.4 Å². The van der Waals surface area contributed by atoms with E-state index >= 15 is 0 Å². The van der Waals surface area contributed by atoms with E-state index in [9.17, 15) is 4.79 Å². The molecule has 0 saturated heterocycles. The van der Waals surface area contributed by atoms with Gasteiger partial charge < -0.3 is 14.2 Å². The van der Waals surface area contributed by atoms with Gasteiger partial charge in [-0.1, -0.05) is 38.3 Å². The monoisotopic (exact) mass is 490 g/mol. The molecule has 0 aromatic heterocycles. The lowest BCUT2D eigenvalue weighted by molar-refractivity contribution is -0.118. The summed E-state index contributed by atoms with van der Waals surface area (Å²) in [5.41, 5.74) is 4.47. The molecule has 0 aliphatic heterocycles. The number of hydrogen-bond donors (Lipinski definition) is 1. The number of nitrogens with zero attached hydrogens (tertiary/aromatic N) is 1. The van der Waals surface area contributed by atoms with Crippen LogP contribution in [0.15, 0.2) is 46.0 Å². The van der Waals surface area contributed by atoms with Crippen molar-refractivity contribution in [1.82, 2.24) is 5.43 Å². The Kier molecular flexibility index (Phi) is 10.9. The summed E-state index contributed by atoms with van der Waals surface area (Å²) in [7, 11) is 1.57. The minimum Gasteiger partial charge on any atom is -0.493 e. The van der Waals surface area contributed by atoms with Crippen LogP contribution < -0.4 is 19.6 Å². The van der Waals surface area contributed by atoms with Crippen molar-refractivity contribution >= 4 is 28.1 Å². The third kappa shape index (κ3) is 9.00. The van der Waals surface area contributed by atoms with Gasteiger partial charge in [0.2, 0.25) is 5.91 Å². The van der Waals surface area contributed by atoms with E-state index < -0.39 is 0 Å². The molecule has 0 fully saturated rings. The fourth-order valence-corrected chi connectivity index (χ4v) is 3.54. The molecule has 7 heteroatoms. The molecular weight excluding hydrogens is 460 g/mol. The molecule has 2 rings (SSSR count). The lowest BCUT2D eigenvalue weighted by atomic mass is 10.1. The molecule has 2 aromatic carbocycles. The van der Waals surface area contributed by atoms with Gasteiger partial charge >= 0.3 is 0 Å². The number of methoxy groups -OCH3 is 1. The van der Waals surface area contributed by atoms with Crippen molar-refractivity contribution in [3.63, 3.8) is 0 Å². The lowest BCUT2D eigenvalue weighted by Crippen LogP contribution is -2.12. The zero-order valence-corrected chi connectivity index (χ0v) is 20.0. The Hall–Kier alpha value is -2.54. The smallest absolute Gasteiger partial charge is 0.236 e. The predicted molar refractivity (Wildman–Crippen MR) is 127 cm³/mol.